The first-order valence-electron chi connectivity index (χ1n) is 13.6. The zero-order chi connectivity index (χ0) is 27.3. The lowest BCUT2D eigenvalue weighted by Gasteiger charge is -2.48. The van der Waals surface area contributed by atoms with Gasteiger partial charge in [0.25, 0.3) is 0 Å². The highest BCUT2D eigenvalue weighted by molar-refractivity contribution is 6.30. The number of anilines is 1. The van der Waals surface area contributed by atoms with Crippen molar-refractivity contribution in [2.24, 2.45) is 11.3 Å². The number of hydrogen-bond donors (Lipinski definition) is 0. The Balaban J connectivity index is 1.55. The van der Waals surface area contributed by atoms with Gasteiger partial charge in [-0.05, 0) is 107 Å². The molecular weight excluding hydrogens is 502 g/mol. The Bertz CT molecular complexity index is 1250. The quantitative estimate of drug-likeness (QED) is 0.421. The molecule has 0 amide bonds. The minimum Gasteiger partial charge on any atom is -0.490 e. The maximum atomic E-state index is 13.0. The van der Waals surface area contributed by atoms with Crippen LogP contribution >= 0.6 is 11.6 Å². The van der Waals surface area contributed by atoms with Gasteiger partial charge >= 0.3 is 11.9 Å². The molecule has 6 nitrogen and oxygen atoms in total. The predicted molar refractivity (Wildman–Crippen MR) is 148 cm³/mol. The van der Waals surface area contributed by atoms with E-state index in [1.807, 2.05) is 45.9 Å². The second kappa shape index (κ2) is 9.78. The minimum atomic E-state index is -0.592. The third-order valence-electron chi connectivity index (χ3n) is 8.68. The van der Waals surface area contributed by atoms with Crippen molar-refractivity contribution in [1.29, 1.82) is 0 Å². The van der Waals surface area contributed by atoms with Crippen molar-refractivity contribution in [3.8, 4) is 5.75 Å². The van der Waals surface area contributed by atoms with Gasteiger partial charge in [-0.15, -0.1) is 0 Å². The molecule has 204 valence electrons. The van der Waals surface area contributed by atoms with Crippen LogP contribution in [0.5, 0.6) is 5.75 Å². The van der Waals surface area contributed by atoms with E-state index in [-0.39, 0.29) is 23.3 Å². The molecule has 0 N–H and O–H groups in total. The fourth-order valence-corrected chi connectivity index (χ4v) is 6.61. The monoisotopic (exact) mass is 539 g/mol. The van der Waals surface area contributed by atoms with E-state index >= 15 is 0 Å². The Morgan fingerprint density at radius 3 is 2.63 bits per heavy atom. The van der Waals surface area contributed by atoms with Crippen LogP contribution in [0, 0.1) is 11.3 Å². The Kier molecular flexibility index (Phi) is 6.91. The van der Waals surface area contributed by atoms with Gasteiger partial charge in [0.2, 0.25) is 0 Å². The molecule has 2 aromatic rings. The number of carbonyl (C=O) groups excluding carboxylic acids is 2. The number of aryl methyl sites for hydroxylation is 1. The molecule has 1 spiro atoms. The second-order valence-electron chi connectivity index (χ2n) is 12.4. The Morgan fingerprint density at radius 2 is 1.95 bits per heavy atom. The summed E-state index contributed by atoms with van der Waals surface area (Å²) in [5, 5.41) is 0.751. The Hall–Kier alpha value is -2.73. The standard InChI is InChI=1S/C31H38ClNO5/c1-29(2,3)38-27(34)21-8-11-26-25(16-21)33(17-22-12-14-30(22,4)28(35)36-5)18-31(19-37-26)13-6-7-20-15-23(32)9-10-24(20)31/h8-11,15-16,22H,6-7,12-14,17-19H2,1-5H3/t22-,30+,31?/m1/s1. The lowest BCUT2D eigenvalue weighted by molar-refractivity contribution is -0.162. The van der Waals surface area contributed by atoms with Gasteiger partial charge in [-0.2, -0.15) is 0 Å². The fourth-order valence-electron chi connectivity index (χ4n) is 6.42. The number of esters is 2. The van der Waals surface area contributed by atoms with Gasteiger partial charge in [0.1, 0.15) is 11.4 Å². The number of fused-ring (bicyclic) bond motifs is 3. The summed E-state index contributed by atoms with van der Waals surface area (Å²) in [6.45, 7) is 9.53. The molecule has 1 aliphatic heterocycles. The smallest absolute Gasteiger partial charge is 0.338 e. The number of hydrogen-bond acceptors (Lipinski definition) is 6. The van der Waals surface area contributed by atoms with Crippen LogP contribution in [0.4, 0.5) is 5.69 Å². The summed E-state index contributed by atoms with van der Waals surface area (Å²) in [7, 11) is 1.46. The first-order chi connectivity index (χ1) is 17.9. The van der Waals surface area contributed by atoms with Crippen LogP contribution in [0.25, 0.3) is 0 Å². The number of carbonyl (C=O) groups is 2. The highest BCUT2D eigenvalue weighted by Crippen LogP contribution is 2.50. The van der Waals surface area contributed by atoms with E-state index < -0.39 is 11.0 Å². The van der Waals surface area contributed by atoms with Crippen LogP contribution in [0.1, 0.15) is 74.9 Å². The van der Waals surface area contributed by atoms with E-state index in [9.17, 15) is 9.59 Å². The third-order valence-corrected chi connectivity index (χ3v) is 8.91. The van der Waals surface area contributed by atoms with Crippen molar-refractivity contribution < 1.29 is 23.8 Å². The van der Waals surface area contributed by atoms with Gasteiger partial charge < -0.3 is 19.1 Å². The summed E-state index contributed by atoms with van der Waals surface area (Å²) in [5.41, 5.74) is 2.57. The molecule has 3 atom stereocenters. The molecule has 1 heterocycles. The highest BCUT2D eigenvalue weighted by Gasteiger charge is 2.51. The van der Waals surface area contributed by atoms with Crippen molar-refractivity contribution in [1.82, 2.24) is 0 Å². The molecule has 2 aliphatic carbocycles. The normalized spacial score (nSPS) is 26.4. The molecule has 38 heavy (non-hydrogen) atoms. The molecule has 0 saturated heterocycles. The number of nitrogens with zero attached hydrogens (tertiary/aromatic N) is 1. The number of benzene rings is 2. The zero-order valence-corrected chi connectivity index (χ0v) is 23.8. The lowest BCUT2D eigenvalue weighted by Crippen LogP contribution is -2.53. The van der Waals surface area contributed by atoms with Crippen LogP contribution in [0.3, 0.4) is 0 Å². The van der Waals surface area contributed by atoms with Crippen molar-refractivity contribution in [3.05, 3.63) is 58.1 Å². The predicted octanol–water partition coefficient (Wildman–Crippen LogP) is 6.36. The summed E-state index contributed by atoms with van der Waals surface area (Å²) in [4.78, 5) is 28.0. The topological polar surface area (TPSA) is 65.1 Å². The van der Waals surface area contributed by atoms with E-state index in [1.54, 1.807) is 6.07 Å². The van der Waals surface area contributed by atoms with Crippen molar-refractivity contribution in [2.45, 2.75) is 70.8 Å². The molecule has 0 aromatic heterocycles. The van der Waals surface area contributed by atoms with Crippen LogP contribution in [-0.4, -0.2) is 44.3 Å². The number of methoxy groups -OCH3 is 1. The third kappa shape index (κ3) is 4.88. The maximum absolute atomic E-state index is 13.0. The first kappa shape index (κ1) is 26.9. The van der Waals surface area contributed by atoms with Gasteiger partial charge in [0.15, 0.2) is 0 Å². The molecule has 1 unspecified atom stereocenters. The summed E-state index contributed by atoms with van der Waals surface area (Å²) in [5.74, 6) is 0.362. The van der Waals surface area contributed by atoms with Gasteiger partial charge in [0, 0.05) is 23.5 Å². The van der Waals surface area contributed by atoms with E-state index in [0.29, 0.717) is 18.7 Å². The molecular formula is C31H38ClNO5. The first-order valence-corrected chi connectivity index (χ1v) is 13.9. The van der Waals surface area contributed by atoms with Crippen molar-refractivity contribution in [3.63, 3.8) is 0 Å². The average Bonchev–Trinajstić information content (AvgIpc) is 3.01. The SMILES string of the molecule is COC(=O)[C@@]1(C)CC[C@@H]1CN1CC2(CCCc3cc(Cl)ccc32)COc2ccc(C(=O)OC(C)(C)C)cc21. The largest absolute Gasteiger partial charge is 0.490 e. The molecule has 3 aliphatic rings. The summed E-state index contributed by atoms with van der Waals surface area (Å²) in [6.07, 6.45) is 4.79. The van der Waals surface area contributed by atoms with Gasteiger partial charge in [0.05, 0.1) is 30.4 Å². The summed E-state index contributed by atoms with van der Waals surface area (Å²) in [6, 6.07) is 11.8. The molecule has 0 bridgehead atoms. The minimum absolute atomic E-state index is 0.136. The zero-order valence-electron chi connectivity index (χ0n) is 23.1. The fraction of sp³-hybridized carbons (Fsp3) is 0.548. The molecule has 2 aromatic carbocycles. The molecule has 1 saturated carbocycles. The number of halogens is 1. The highest BCUT2D eigenvalue weighted by atomic mass is 35.5. The molecule has 1 fully saturated rings. The number of ether oxygens (including phenoxy) is 3. The Morgan fingerprint density at radius 1 is 1.16 bits per heavy atom. The van der Waals surface area contributed by atoms with E-state index in [4.69, 9.17) is 25.8 Å². The van der Waals surface area contributed by atoms with E-state index in [2.05, 4.69) is 17.0 Å². The van der Waals surface area contributed by atoms with E-state index in [0.717, 1.165) is 55.1 Å². The van der Waals surface area contributed by atoms with Crippen molar-refractivity contribution >= 4 is 29.2 Å². The average molecular weight is 540 g/mol. The van der Waals surface area contributed by atoms with Gasteiger partial charge in [-0.1, -0.05) is 17.7 Å². The van der Waals surface area contributed by atoms with Crippen molar-refractivity contribution in [2.75, 3.05) is 31.7 Å². The van der Waals surface area contributed by atoms with Crippen LogP contribution in [-0.2, 0) is 26.1 Å². The summed E-state index contributed by atoms with van der Waals surface area (Å²) < 4.78 is 17.4. The maximum Gasteiger partial charge on any atom is 0.338 e. The number of rotatable bonds is 4. The van der Waals surface area contributed by atoms with E-state index in [1.165, 1.54) is 18.2 Å². The lowest BCUT2D eigenvalue weighted by atomic mass is 9.61. The van der Waals surface area contributed by atoms with Crippen LogP contribution in [0.2, 0.25) is 5.02 Å². The van der Waals surface area contributed by atoms with Gasteiger partial charge in [-0.3, -0.25) is 4.79 Å². The molecule has 5 rings (SSSR count). The Labute approximate surface area is 230 Å². The van der Waals surface area contributed by atoms with Crippen LogP contribution < -0.4 is 9.64 Å². The second-order valence-corrected chi connectivity index (χ2v) is 12.9. The molecule has 7 heteroatoms. The van der Waals surface area contributed by atoms with Crippen LogP contribution in [0.15, 0.2) is 36.4 Å². The summed E-state index contributed by atoms with van der Waals surface area (Å²) >= 11 is 6.37. The molecule has 0 radical (unpaired) electrons. The van der Waals surface area contributed by atoms with Gasteiger partial charge in [-0.25, -0.2) is 4.79 Å².